The van der Waals surface area contributed by atoms with Gasteiger partial charge in [-0.2, -0.15) is 4.31 Å². The van der Waals surface area contributed by atoms with Crippen molar-refractivity contribution in [2.45, 2.75) is 18.2 Å². The molecule has 0 bridgehead atoms. The Morgan fingerprint density at radius 1 is 1.04 bits per heavy atom. The van der Waals surface area contributed by atoms with Gasteiger partial charge in [-0.15, -0.1) is 0 Å². The molecular weight excluding hydrogens is 363 g/mol. The molecule has 0 fully saturated rings. The minimum atomic E-state index is -3.61. The van der Waals surface area contributed by atoms with Crippen LogP contribution in [-0.4, -0.2) is 30.4 Å². The number of halogens is 1. The van der Waals surface area contributed by atoms with Gasteiger partial charge < -0.3 is 4.57 Å². The van der Waals surface area contributed by atoms with E-state index >= 15 is 0 Å². The molecule has 2 aromatic carbocycles. The van der Waals surface area contributed by atoms with E-state index in [2.05, 4.69) is 30.7 Å². The van der Waals surface area contributed by atoms with Crippen molar-refractivity contribution in [2.75, 3.05) is 13.1 Å². The fourth-order valence-corrected chi connectivity index (χ4v) is 5.16. The van der Waals surface area contributed by atoms with Gasteiger partial charge in [-0.3, -0.25) is 0 Å². The molecule has 140 valence electrons. The van der Waals surface area contributed by atoms with Crippen LogP contribution in [-0.2, 0) is 17.1 Å². The van der Waals surface area contributed by atoms with Crippen molar-refractivity contribution < 1.29 is 12.8 Å². The Labute approximate surface area is 158 Å². The van der Waals surface area contributed by atoms with Crippen LogP contribution in [0, 0.1) is 12.7 Å². The van der Waals surface area contributed by atoms with Crippen LogP contribution >= 0.6 is 0 Å². The van der Waals surface area contributed by atoms with Gasteiger partial charge in [-0.1, -0.05) is 24.3 Å². The number of hydrogen-bond acceptors (Lipinski definition) is 2. The summed E-state index contributed by atoms with van der Waals surface area (Å²) in [6.07, 6.45) is 2.65. The monoisotopic (exact) mass is 384 g/mol. The van der Waals surface area contributed by atoms with Gasteiger partial charge in [0.1, 0.15) is 5.82 Å². The molecule has 3 aromatic rings. The molecule has 4 nitrogen and oxygen atoms in total. The molecule has 0 N–H and O–H groups in total. The highest BCUT2D eigenvalue weighted by Gasteiger charge is 2.27. The predicted molar refractivity (Wildman–Crippen MR) is 105 cm³/mol. The van der Waals surface area contributed by atoms with Gasteiger partial charge in [-0.25, -0.2) is 12.8 Å². The number of sulfonamides is 1. The molecule has 0 aliphatic carbocycles. The number of fused-ring (bicyclic) bond motifs is 1. The summed E-state index contributed by atoms with van der Waals surface area (Å²) in [6, 6.07) is 13.3. The molecule has 0 spiro atoms. The minimum absolute atomic E-state index is 0.127. The van der Waals surface area contributed by atoms with Crippen molar-refractivity contribution in [2.24, 2.45) is 7.05 Å². The largest absolute Gasteiger partial charge is 0.347 e. The van der Waals surface area contributed by atoms with Crippen LogP contribution in [0.25, 0.3) is 16.5 Å². The molecule has 2 heterocycles. The number of aromatic nitrogens is 1. The average Bonchev–Trinajstić information content (AvgIpc) is 2.93. The van der Waals surface area contributed by atoms with Gasteiger partial charge in [0.2, 0.25) is 10.0 Å². The lowest BCUT2D eigenvalue weighted by Gasteiger charge is -2.26. The van der Waals surface area contributed by atoms with Crippen molar-refractivity contribution in [1.82, 2.24) is 8.87 Å². The molecule has 6 heteroatoms. The number of aryl methyl sites for hydroxylation is 1. The maximum absolute atomic E-state index is 13.1. The SMILES string of the molecule is Cc1c(C2=CCN(S(=O)(=O)c3ccc(F)cc3)CC2)c2ccccc2n1C. The van der Waals surface area contributed by atoms with Gasteiger partial charge in [0.15, 0.2) is 0 Å². The first-order chi connectivity index (χ1) is 12.9. The molecule has 4 rings (SSSR count). The first-order valence-corrected chi connectivity index (χ1v) is 10.3. The molecule has 1 aliphatic heterocycles. The van der Waals surface area contributed by atoms with E-state index in [1.54, 1.807) is 0 Å². The maximum atomic E-state index is 13.1. The fraction of sp³-hybridized carbons (Fsp3) is 0.238. The summed E-state index contributed by atoms with van der Waals surface area (Å²) in [4.78, 5) is 0.127. The average molecular weight is 384 g/mol. The highest BCUT2D eigenvalue weighted by atomic mass is 32.2. The second kappa shape index (κ2) is 6.62. The van der Waals surface area contributed by atoms with Gasteiger partial charge in [0.25, 0.3) is 0 Å². The van der Waals surface area contributed by atoms with E-state index in [0.29, 0.717) is 19.5 Å². The Balaban J connectivity index is 1.67. The zero-order valence-electron chi connectivity index (χ0n) is 15.3. The van der Waals surface area contributed by atoms with Crippen LogP contribution in [0.5, 0.6) is 0 Å². The van der Waals surface area contributed by atoms with Crippen LogP contribution in [0.15, 0.2) is 59.5 Å². The molecule has 0 atom stereocenters. The molecular formula is C21H21FN2O2S. The summed E-state index contributed by atoms with van der Waals surface area (Å²) in [6.45, 7) is 2.82. The summed E-state index contributed by atoms with van der Waals surface area (Å²) < 4.78 is 42.3. The Hall–Kier alpha value is -2.44. The smallest absolute Gasteiger partial charge is 0.243 e. The van der Waals surface area contributed by atoms with E-state index in [0.717, 1.165) is 0 Å². The van der Waals surface area contributed by atoms with E-state index in [9.17, 15) is 12.8 Å². The first-order valence-electron chi connectivity index (χ1n) is 8.89. The van der Waals surface area contributed by atoms with Crippen molar-refractivity contribution >= 4 is 26.5 Å². The van der Waals surface area contributed by atoms with Crippen molar-refractivity contribution in [1.29, 1.82) is 0 Å². The molecule has 0 radical (unpaired) electrons. The van der Waals surface area contributed by atoms with E-state index in [1.807, 2.05) is 18.2 Å². The number of benzene rings is 2. The fourth-order valence-electron chi connectivity index (χ4n) is 3.78. The zero-order valence-corrected chi connectivity index (χ0v) is 16.1. The normalized spacial score (nSPS) is 15.9. The number of para-hydroxylation sites is 1. The van der Waals surface area contributed by atoms with Crippen LogP contribution in [0.3, 0.4) is 0 Å². The summed E-state index contributed by atoms with van der Waals surface area (Å²) in [5.74, 6) is -0.443. The van der Waals surface area contributed by atoms with Crippen LogP contribution < -0.4 is 0 Å². The molecule has 0 saturated carbocycles. The van der Waals surface area contributed by atoms with E-state index in [1.165, 1.54) is 56.3 Å². The maximum Gasteiger partial charge on any atom is 0.243 e. The summed E-state index contributed by atoms with van der Waals surface area (Å²) in [7, 11) is -1.56. The Bertz CT molecular complexity index is 1140. The standard InChI is InChI=1S/C21H21FN2O2S/c1-15-21(19-5-3-4-6-20(19)23(15)2)16-11-13-24(14-12-16)27(25,26)18-9-7-17(22)8-10-18/h3-11H,12-14H2,1-2H3. The number of rotatable bonds is 3. The third-order valence-corrected chi connectivity index (χ3v) is 7.22. The van der Waals surface area contributed by atoms with Crippen LogP contribution in [0.4, 0.5) is 4.39 Å². The first kappa shape index (κ1) is 17.9. The molecule has 0 unspecified atom stereocenters. The van der Waals surface area contributed by atoms with Crippen molar-refractivity contribution in [3.63, 3.8) is 0 Å². The number of hydrogen-bond donors (Lipinski definition) is 0. The van der Waals surface area contributed by atoms with Gasteiger partial charge in [0, 0.05) is 42.3 Å². The lowest BCUT2D eigenvalue weighted by molar-refractivity contribution is 0.441. The van der Waals surface area contributed by atoms with Crippen LogP contribution in [0.1, 0.15) is 17.7 Å². The van der Waals surface area contributed by atoms with Crippen molar-refractivity contribution in [3.05, 3.63) is 71.7 Å². The minimum Gasteiger partial charge on any atom is -0.347 e. The zero-order chi connectivity index (χ0) is 19.2. The van der Waals surface area contributed by atoms with Gasteiger partial charge in [0.05, 0.1) is 4.90 Å². The quantitative estimate of drug-likeness (QED) is 0.682. The second-order valence-corrected chi connectivity index (χ2v) is 8.77. The lowest BCUT2D eigenvalue weighted by atomic mass is 9.97. The van der Waals surface area contributed by atoms with E-state index in [4.69, 9.17) is 0 Å². The summed E-state index contributed by atoms with van der Waals surface area (Å²) >= 11 is 0. The number of nitrogens with zero attached hydrogens (tertiary/aromatic N) is 2. The Kier molecular flexibility index (Phi) is 4.40. The van der Waals surface area contributed by atoms with Crippen LogP contribution in [0.2, 0.25) is 0 Å². The highest BCUT2D eigenvalue weighted by Crippen LogP contribution is 2.34. The summed E-state index contributed by atoms with van der Waals surface area (Å²) in [5.41, 5.74) is 4.73. The topological polar surface area (TPSA) is 42.3 Å². The third-order valence-electron chi connectivity index (χ3n) is 5.34. The summed E-state index contributed by atoms with van der Waals surface area (Å²) in [5, 5.41) is 1.19. The van der Waals surface area contributed by atoms with Gasteiger partial charge in [-0.05, 0) is 49.2 Å². The molecule has 0 amide bonds. The lowest BCUT2D eigenvalue weighted by Crippen LogP contribution is -2.34. The van der Waals surface area contributed by atoms with E-state index in [-0.39, 0.29) is 4.90 Å². The Morgan fingerprint density at radius 3 is 2.41 bits per heavy atom. The predicted octanol–water partition coefficient (Wildman–Crippen LogP) is 4.10. The molecule has 1 aliphatic rings. The third kappa shape index (κ3) is 2.99. The molecule has 27 heavy (non-hydrogen) atoms. The van der Waals surface area contributed by atoms with Crippen molar-refractivity contribution in [3.8, 4) is 0 Å². The molecule has 1 aromatic heterocycles. The Morgan fingerprint density at radius 2 is 1.74 bits per heavy atom. The highest BCUT2D eigenvalue weighted by molar-refractivity contribution is 7.89. The van der Waals surface area contributed by atoms with Gasteiger partial charge >= 0.3 is 0 Å². The molecule has 0 saturated heterocycles. The van der Waals surface area contributed by atoms with E-state index < -0.39 is 15.8 Å². The second-order valence-electron chi connectivity index (χ2n) is 6.83.